The maximum absolute atomic E-state index is 4.49. The highest BCUT2D eigenvalue weighted by Gasteiger charge is 2.53. The van der Waals surface area contributed by atoms with E-state index in [9.17, 15) is 0 Å². The molecule has 4 nitrogen and oxygen atoms in total. The lowest BCUT2D eigenvalue weighted by molar-refractivity contribution is -0.0667. The summed E-state index contributed by atoms with van der Waals surface area (Å²) < 4.78 is 0. The van der Waals surface area contributed by atoms with Crippen molar-refractivity contribution in [3.05, 3.63) is 0 Å². The zero-order chi connectivity index (χ0) is 17.1. The minimum atomic E-state index is 0. The number of hydrogen-bond acceptors (Lipinski definition) is 2. The van der Waals surface area contributed by atoms with Gasteiger partial charge in [0, 0.05) is 37.1 Å². The van der Waals surface area contributed by atoms with Crippen molar-refractivity contribution in [2.75, 3.05) is 33.2 Å². The molecule has 1 unspecified atom stereocenters. The molecule has 1 N–H and O–H groups in total. The summed E-state index contributed by atoms with van der Waals surface area (Å²) in [6, 6.07) is 0.786. The van der Waals surface area contributed by atoms with E-state index in [-0.39, 0.29) is 29.5 Å². The summed E-state index contributed by atoms with van der Waals surface area (Å²) in [6.07, 6.45) is 6.68. The van der Waals surface area contributed by atoms with Crippen molar-refractivity contribution in [2.45, 2.75) is 78.3 Å². The molecule has 2 aliphatic heterocycles. The van der Waals surface area contributed by atoms with Crippen molar-refractivity contribution in [3.8, 4) is 0 Å². The van der Waals surface area contributed by atoms with Crippen molar-refractivity contribution in [3.63, 3.8) is 0 Å². The van der Waals surface area contributed by atoms with E-state index >= 15 is 0 Å². The Labute approximate surface area is 166 Å². The van der Waals surface area contributed by atoms with Gasteiger partial charge in [-0.3, -0.25) is 4.99 Å². The summed E-state index contributed by atoms with van der Waals surface area (Å²) in [6.45, 7) is 16.4. The summed E-state index contributed by atoms with van der Waals surface area (Å²) >= 11 is 0. The molecule has 0 bridgehead atoms. The number of guanidine groups is 1. The van der Waals surface area contributed by atoms with Gasteiger partial charge in [-0.1, -0.05) is 20.3 Å². The fourth-order valence-corrected chi connectivity index (χ4v) is 3.83. The normalized spacial score (nSPS) is 26.5. The number of piperidine rings is 1. The van der Waals surface area contributed by atoms with Gasteiger partial charge in [-0.25, -0.2) is 0 Å². The average Bonchev–Trinajstić information content (AvgIpc) is 2.51. The van der Waals surface area contributed by atoms with Gasteiger partial charge in [0.25, 0.3) is 0 Å². The number of hydrogen-bond donors (Lipinski definition) is 1. The molecule has 2 fully saturated rings. The molecular weight excluding hydrogens is 411 g/mol. The maximum Gasteiger partial charge on any atom is 0.194 e. The number of likely N-dealkylation sites (tertiary alicyclic amines) is 2. The Morgan fingerprint density at radius 1 is 1.17 bits per heavy atom. The Balaban J connectivity index is 0.00000288. The summed E-state index contributed by atoms with van der Waals surface area (Å²) in [5.74, 6) is 1.07. The molecule has 2 heterocycles. The van der Waals surface area contributed by atoms with E-state index in [2.05, 4.69) is 54.7 Å². The van der Waals surface area contributed by atoms with Crippen LogP contribution in [-0.4, -0.2) is 60.6 Å². The predicted molar refractivity (Wildman–Crippen MR) is 115 cm³/mol. The van der Waals surface area contributed by atoms with E-state index in [0.29, 0.717) is 5.41 Å². The first-order valence-corrected chi connectivity index (χ1v) is 9.52. The zero-order valence-corrected chi connectivity index (χ0v) is 19.0. The van der Waals surface area contributed by atoms with Gasteiger partial charge in [0.1, 0.15) is 0 Å². The van der Waals surface area contributed by atoms with Gasteiger partial charge < -0.3 is 15.1 Å². The van der Waals surface area contributed by atoms with Crippen LogP contribution >= 0.6 is 24.0 Å². The molecule has 5 heteroatoms. The lowest BCUT2D eigenvalue weighted by Crippen LogP contribution is -2.72. The highest BCUT2D eigenvalue weighted by Crippen LogP contribution is 2.46. The van der Waals surface area contributed by atoms with Gasteiger partial charge in [-0.05, 0) is 59.5 Å². The molecule has 0 amide bonds. The fraction of sp³-hybridized carbons (Fsp3) is 0.947. The second kappa shape index (κ2) is 9.06. The third-order valence-corrected chi connectivity index (χ3v) is 6.45. The number of aliphatic imine (C=N–C) groups is 1. The molecule has 0 aromatic carbocycles. The van der Waals surface area contributed by atoms with Crippen molar-refractivity contribution in [2.24, 2.45) is 10.4 Å². The van der Waals surface area contributed by atoms with Crippen LogP contribution in [0.5, 0.6) is 0 Å². The molecule has 0 radical (unpaired) electrons. The molecule has 0 aromatic heterocycles. The quantitative estimate of drug-likeness (QED) is 0.298. The monoisotopic (exact) mass is 450 g/mol. The van der Waals surface area contributed by atoms with Crippen molar-refractivity contribution in [1.82, 2.24) is 15.1 Å². The summed E-state index contributed by atoms with van der Waals surface area (Å²) in [5, 5.41) is 3.57. The molecule has 2 saturated heterocycles. The molecule has 1 atom stereocenters. The van der Waals surface area contributed by atoms with Crippen molar-refractivity contribution < 1.29 is 0 Å². The zero-order valence-electron chi connectivity index (χ0n) is 16.7. The Hall–Kier alpha value is -0.0400. The number of nitrogens with one attached hydrogen (secondary N) is 1. The van der Waals surface area contributed by atoms with E-state index in [1.807, 2.05) is 7.05 Å². The standard InChI is InChI=1S/C19H38N4.HI/c1-16-11-7-9-13-22(16)14-10-8-12-21-17(20-6)23-15-18(2,3)19(23,4)5;/h16H,7-15H2,1-6H3,(H,20,21);1H. The van der Waals surface area contributed by atoms with Crippen LogP contribution in [0.4, 0.5) is 0 Å². The lowest BCUT2D eigenvalue weighted by Gasteiger charge is -2.62. The van der Waals surface area contributed by atoms with Gasteiger partial charge >= 0.3 is 0 Å². The van der Waals surface area contributed by atoms with Gasteiger partial charge in [0.2, 0.25) is 0 Å². The first kappa shape index (κ1) is 22.0. The van der Waals surface area contributed by atoms with Gasteiger partial charge in [0.05, 0.1) is 0 Å². The largest absolute Gasteiger partial charge is 0.356 e. The minimum absolute atomic E-state index is 0. The summed E-state index contributed by atoms with van der Waals surface area (Å²) in [7, 11) is 1.90. The van der Waals surface area contributed by atoms with Crippen LogP contribution in [0.1, 0.15) is 66.7 Å². The molecule has 142 valence electrons. The molecule has 2 aliphatic rings. The Kier molecular flexibility index (Phi) is 8.30. The van der Waals surface area contributed by atoms with Crippen LogP contribution in [-0.2, 0) is 0 Å². The Morgan fingerprint density at radius 2 is 1.88 bits per heavy atom. The van der Waals surface area contributed by atoms with Crippen LogP contribution in [0.25, 0.3) is 0 Å². The Morgan fingerprint density at radius 3 is 2.42 bits per heavy atom. The van der Waals surface area contributed by atoms with Crippen LogP contribution in [0.15, 0.2) is 4.99 Å². The highest BCUT2D eigenvalue weighted by molar-refractivity contribution is 14.0. The number of rotatable bonds is 5. The average molecular weight is 450 g/mol. The molecular formula is C19H39IN4. The topological polar surface area (TPSA) is 30.9 Å². The van der Waals surface area contributed by atoms with E-state index in [1.165, 1.54) is 45.2 Å². The van der Waals surface area contributed by atoms with Gasteiger partial charge in [-0.15, -0.1) is 24.0 Å². The molecule has 24 heavy (non-hydrogen) atoms. The van der Waals surface area contributed by atoms with Crippen LogP contribution in [0, 0.1) is 5.41 Å². The van der Waals surface area contributed by atoms with Crippen molar-refractivity contribution in [1.29, 1.82) is 0 Å². The van der Waals surface area contributed by atoms with Crippen LogP contribution in [0.3, 0.4) is 0 Å². The second-order valence-electron chi connectivity index (χ2n) is 8.59. The third-order valence-electron chi connectivity index (χ3n) is 6.45. The molecule has 2 rings (SSSR count). The van der Waals surface area contributed by atoms with Crippen molar-refractivity contribution >= 4 is 29.9 Å². The first-order chi connectivity index (χ1) is 10.8. The SMILES string of the molecule is CN=C(NCCCCN1CCCCC1C)N1CC(C)(C)C1(C)C.I. The summed E-state index contributed by atoms with van der Waals surface area (Å²) in [4.78, 5) is 9.57. The van der Waals surface area contributed by atoms with Crippen LogP contribution < -0.4 is 5.32 Å². The smallest absolute Gasteiger partial charge is 0.194 e. The second-order valence-corrected chi connectivity index (χ2v) is 8.59. The molecule has 0 aromatic rings. The molecule has 0 saturated carbocycles. The van der Waals surface area contributed by atoms with E-state index in [1.54, 1.807) is 0 Å². The lowest BCUT2D eigenvalue weighted by atomic mass is 9.65. The maximum atomic E-state index is 4.49. The molecule has 0 spiro atoms. The van der Waals surface area contributed by atoms with E-state index in [4.69, 9.17) is 0 Å². The number of nitrogens with zero attached hydrogens (tertiary/aromatic N) is 3. The highest BCUT2D eigenvalue weighted by atomic mass is 127. The van der Waals surface area contributed by atoms with E-state index < -0.39 is 0 Å². The number of unbranched alkanes of at least 4 members (excludes halogenated alkanes) is 1. The molecule has 0 aliphatic carbocycles. The fourth-order valence-electron chi connectivity index (χ4n) is 3.83. The Bertz CT molecular complexity index is 420. The first-order valence-electron chi connectivity index (χ1n) is 9.52. The number of halogens is 1. The van der Waals surface area contributed by atoms with E-state index in [0.717, 1.165) is 25.1 Å². The van der Waals surface area contributed by atoms with Crippen LogP contribution in [0.2, 0.25) is 0 Å². The summed E-state index contributed by atoms with van der Waals surface area (Å²) in [5.41, 5.74) is 0.535. The van der Waals surface area contributed by atoms with Gasteiger partial charge in [0.15, 0.2) is 5.96 Å². The third kappa shape index (κ3) is 4.77. The van der Waals surface area contributed by atoms with Gasteiger partial charge in [-0.2, -0.15) is 0 Å². The predicted octanol–water partition coefficient (Wildman–Crippen LogP) is 3.95. The minimum Gasteiger partial charge on any atom is -0.356 e.